The van der Waals surface area contributed by atoms with Crippen molar-refractivity contribution in [3.05, 3.63) is 70.7 Å². The maximum Gasteiger partial charge on any atom is 0.341 e. The molecule has 0 N–H and O–H groups in total. The Bertz CT molecular complexity index is 1240. The number of unbranched alkanes of at least 4 members (excludes halogenated alkanes) is 1. The number of nitrogens with zero attached hydrogens (tertiary/aromatic N) is 3. The third-order valence-corrected chi connectivity index (χ3v) is 6.47. The number of amides is 1. The van der Waals surface area contributed by atoms with Crippen LogP contribution >= 0.6 is 0 Å². The summed E-state index contributed by atoms with van der Waals surface area (Å²) in [6, 6.07) is 9.82. The van der Waals surface area contributed by atoms with Crippen molar-refractivity contribution in [3.8, 4) is 5.75 Å². The lowest BCUT2D eigenvalue weighted by Crippen LogP contribution is -2.47. The number of ether oxygens (including phenoxy) is 2. The largest absolute Gasteiger partial charge is 0.490 e. The van der Waals surface area contributed by atoms with Gasteiger partial charge in [-0.05, 0) is 55.3 Å². The highest BCUT2D eigenvalue weighted by atomic mass is 19.1. The van der Waals surface area contributed by atoms with Gasteiger partial charge in [0.2, 0.25) is 0 Å². The van der Waals surface area contributed by atoms with Crippen LogP contribution in [0, 0.1) is 5.82 Å². The normalized spacial score (nSPS) is 14.2. The van der Waals surface area contributed by atoms with Crippen LogP contribution in [-0.2, 0) is 11.2 Å². The van der Waals surface area contributed by atoms with Gasteiger partial charge in [-0.3, -0.25) is 9.78 Å². The van der Waals surface area contributed by atoms with Gasteiger partial charge in [-0.25, -0.2) is 9.18 Å². The van der Waals surface area contributed by atoms with E-state index in [1.54, 1.807) is 29.3 Å². The van der Waals surface area contributed by atoms with Crippen molar-refractivity contribution in [1.82, 2.24) is 14.8 Å². The van der Waals surface area contributed by atoms with E-state index in [1.165, 1.54) is 19.2 Å². The molecule has 1 saturated heterocycles. The number of piperazine rings is 1. The zero-order valence-corrected chi connectivity index (χ0v) is 21.1. The molecule has 1 fully saturated rings. The topological polar surface area (TPSA) is 72.0 Å². The molecule has 0 spiro atoms. The summed E-state index contributed by atoms with van der Waals surface area (Å²) < 4.78 is 24.4. The molecule has 7 nitrogen and oxygen atoms in total. The van der Waals surface area contributed by atoms with Gasteiger partial charge in [0.15, 0.2) is 5.75 Å². The fourth-order valence-electron chi connectivity index (χ4n) is 4.33. The van der Waals surface area contributed by atoms with Crippen molar-refractivity contribution in [1.29, 1.82) is 0 Å². The number of fused-ring (bicyclic) bond motifs is 1. The molecule has 0 bridgehead atoms. The minimum atomic E-state index is -0.576. The first-order valence-corrected chi connectivity index (χ1v) is 12.3. The Morgan fingerprint density at radius 1 is 1.03 bits per heavy atom. The molecule has 2 heterocycles. The van der Waals surface area contributed by atoms with E-state index in [0.29, 0.717) is 48.3 Å². The predicted octanol–water partition coefficient (Wildman–Crippen LogP) is 4.32. The van der Waals surface area contributed by atoms with Crippen LogP contribution in [-0.4, -0.2) is 73.6 Å². The predicted molar refractivity (Wildman–Crippen MR) is 136 cm³/mol. The molecule has 36 heavy (non-hydrogen) atoms. The average molecular weight is 494 g/mol. The Kier molecular flexibility index (Phi) is 8.15. The molecule has 2 aromatic carbocycles. The van der Waals surface area contributed by atoms with E-state index < -0.39 is 5.97 Å². The van der Waals surface area contributed by atoms with E-state index in [0.717, 1.165) is 37.1 Å². The fraction of sp³-hybridized carbons (Fsp3) is 0.393. The summed E-state index contributed by atoms with van der Waals surface area (Å²) in [6.45, 7) is 5.23. The van der Waals surface area contributed by atoms with Gasteiger partial charge in [-0.15, -0.1) is 0 Å². The SMILES string of the molecule is CCCCOc1c(C(=O)OC)cc(C(=O)N2CCN(C)CC2)c2cc(Cc3ccc(F)cc3)cnc12. The molecule has 8 heteroatoms. The summed E-state index contributed by atoms with van der Waals surface area (Å²) in [4.78, 5) is 35.1. The number of aromatic nitrogens is 1. The van der Waals surface area contributed by atoms with Crippen molar-refractivity contribution in [3.63, 3.8) is 0 Å². The highest BCUT2D eigenvalue weighted by Gasteiger charge is 2.27. The van der Waals surface area contributed by atoms with E-state index >= 15 is 0 Å². The number of hydrogen-bond acceptors (Lipinski definition) is 6. The van der Waals surface area contributed by atoms with Crippen molar-refractivity contribution in [2.75, 3.05) is 46.9 Å². The number of rotatable bonds is 8. The first kappa shape index (κ1) is 25.6. The number of likely N-dealkylation sites (N-methyl/N-ethyl adjacent to an activating group) is 1. The zero-order valence-electron chi connectivity index (χ0n) is 21.1. The second-order valence-corrected chi connectivity index (χ2v) is 9.13. The Labute approximate surface area is 210 Å². The minimum Gasteiger partial charge on any atom is -0.490 e. The van der Waals surface area contributed by atoms with E-state index in [4.69, 9.17) is 9.47 Å². The third-order valence-electron chi connectivity index (χ3n) is 6.47. The van der Waals surface area contributed by atoms with Crippen LogP contribution in [0.4, 0.5) is 4.39 Å². The lowest BCUT2D eigenvalue weighted by Gasteiger charge is -2.32. The maximum atomic E-state index is 13.7. The van der Waals surface area contributed by atoms with Crippen LogP contribution in [0.1, 0.15) is 51.6 Å². The Balaban J connectivity index is 1.83. The first-order valence-electron chi connectivity index (χ1n) is 12.3. The van der Waals surface area contributed by atoms with Gasteiger partial charge in [-0.2, -0.15) is 0 Å². The standard InChI is InChI=1S/C28H32FN3O4/c1-4-5-14-36-26-24(28(34)35-3)17-23(27(33)32-12-10-31(2)11-13-32)22-16-20(18-30-25(22)26)15-19-6-8-21(29)9-7-19/h6-9,16-18H,4-5,10-15H2,1-3H3. The van der Waals surface area contributed by atoms with Gasteiger partial charge in [0.25, 0.3) is 5.91 Å². The lowest BCUT2D eigenvalue weighted by molar-refractivity contribution is 0.0596. The summed E-state index contributed by atoms with van der Waals surface area (Å²) >= 11 is 0. The van der Waals surface area contributed by atoms with Crippen molar-refractivity contribution >= 4 is 22.8 Å². The molecular weight excluding hydrogens is 461 g/mol. The number of hydrogen-bond donors (Lipinski definition) is 0. The van der Waals surface area contributed by atoms with E-state index in [-0.39, 0.29) is 17.3 Å². The summed E-state index contributed by atoms with van der Waals surface area (Å²) in [5.74, 6) is -0.694. The van der Waals surface area contributed by atoms with Crippen molar-refractivity contribution in [2.45, 2.75) is 26.2 Å². The first-order chi connectivity index (χ1) is 17.4. The molecule has 1 aromatic heterocycles. The molecular formula is C28H32FN3O4. The van der Waals surface area contributed by atoms with E-state index in [1.807, 2.05) is 13.1 Å². The van der Waals surface area contributed by atoms with Crippen LogP contribution in [0.2, 0.25) is 0 Å². The summed E-state index contributed by atoms with van der Waals surface area (Å²) in [5, 5.41) is 0.623. The number of pyridine rings is 1. The maximum absolute atomic E-state index is 13.7. The Morgan fingerprint density at radius 3 is 2.42 bits per heavy atom. The average Bonchev–Trinajstić information content (AvgIpc) is 2.89. The van der Waals surface area contributed by atoms with Crippen LogP contribution in [0.15, 0.2) is 42.6 Å². The molecule has 4 rings (SSSR count). The Morgan fingerprint density at radius 2 is 1.75 bits per heavy atom. The molecule has 0 atom stereocenters. The molecule has 3 aromatic rings. The van der Waals surface area contributed by atoms with Gasteiger partial charge in [0, 0.05) is 37.8 Å². The summed E-state index contributed by atoms with van der Waals surface area (Å²) in [5.41, 5.74) is 2.83. The van der Waals surface area contributed by atoms with Gasteiger partial charge < -0.3 is 19.3 Å². The molecule has 0 radical (unpaired) electrons. The number of methoxy groups -OCH3 is 1. The third kappa shape index (κ3) is 5.65. The van der Waals surface area contributed by atoms with E-state index in [2.05, 4.69) is 16.8 Å². The Hall–Kier alpha value is -3.52. The monoisotopic (exact) mass is 493 g/mol. The second-order valence-electron chi connectivity index (χ2n) is 9.13. The highest BCUT2D eigenvalue weighted by molar-refractivity contribution is 6.11. The molecule has 1 aliphatic heterocycles. The van der Waals surface area contributed by atoms with Gasteiger partial charge in [-0.1, -0.05) is 25.5 Å². The van der Waals surface area contributed by atoms with Crippen LogP contribution in [0.5, 0.6) is 5.75 Å². The minimum absolute atomic E-state index is 0.154. The van der Waals surface area contributed by atoms with Gasteiger partial charge in [0.05, 0.1) is 19.3 Å². The summed E-state index contributed by atoms with van der Waals surface area (Å²) in [7, 11) is 3.34. The van der Waals surface area contributed by atoms with Crippen LogP contribution in [0.25, 0.3) is 10.9 Å². The molecule has 1 aliphatic rings. The van der Waals surface area contributed by atoms with Crippen LogP contribution < -0.4 is 4.74 Å². The summed E-state index contributed by atoms with van der Waals surface area (Å²) in [6.07, 6.45) is 3.98. The van der Waals surface area contributed by atoms with Gasteiger partial charge >= 0.3 is 5.97 Å². The van der Waals surface area contributed by atoms with Crippen LogP contribution in [0.3, 0.4) is 0 Å². The van der Waals surface area contributed by atoms with E-state index in [9.17, 15) is 14.0 Å². The van der Waals surface area contributed by atoms with Crippen molar-refractivity contribution in [2.24, 2.45) is 0 Å². The second kappa shape index (κ2) is 11.5. The molecule has 190 valence electrons. The number of carbonyl (C=O) groups is 2. The molecule has 0 unspecified atom stereocenters. The number of halogens is 1. The molecule has 1 amide bonds. The smallest absolute Gasteiger partial charge is 0.341 e. The zero-order chi connectivity index (χ0) is 25.7. The van der Waals surface area contributed by atoms with Gasteiger partial charge in [0.1, 0.15) is 16.9 Å². The lowest BCUT2D eigenvalue weighted by atomic mass is 9.98. The van der Waals surface area contributed by atoms with Crippen molar-refractivity contribution < 1.29 is 23.5 Å². The fourth-order valence-corrected chi connectivity index (χ4v) is 4.33. The quantitative estimate of drug-likeness (QED) is 0.344. The number of carbonyl (C=O) groups excluding carboxylic acids is 2. The highest BCUT2D eigenvalue weighted by Crippen LogP contribution is 2.34. The number of benzene rings is 2. The molecule has 0 saturated carbocycles. The molecule has 0 aliphatic carbocycles. The number of esters is 1.